The molecule has 0 saturated heterocycles. The van der Waals surface area contributed by atoms with Crippen molar-refractivity contribution in [2.75, 3.05) is 6.54 Å². The van der Waals surface area contributed by atoms with Crippen molar-refractivity contribution in [1.82, 2.24) is 20.3 Å². The third-order valence-corrected chi connectivity index (χ3v) is 2.78. The van der Waals surface area contributed by atoms with Gasteiger partial charge in [0.25, 0.3) is 5.91 Å². The summed E-state index contributed by atoms with van der Waals surface area (Å²) in [5, 5.41) is 19.1. The van der Waals surface area contributed by atoms with Gasteiger partial charge in [-0.3, -0.25) is 9.48 Å². The molecule has 1 unspecified atom stereocenters. The molecule has 2 aromatic rings. The number of carbonyl (C=O) groups excluding carboxylic acids is 1. The molecule has 0 spiro atoms. The molecule has 0 aliphatic carbocycles. The smallest absolute Gasteiger partial charge is 0.330 e. The maximum Gasteiger partial charge on any atom is 0.330 e. The van der Waals surface area contributed by atoms with E-state index in [4.69, 9.17) is 5.73 Å². The van der Waals surface area contributed by atoms with Crippen LogP contribution in [0.1, 0.15) is 22.1 Å². The van der Waals surface area contributed by atoms with Crippen molar-refractivity contribution in [2.24, 2.45) is 5.73 Å². The number of rotatable bonds is 6. The largest absolute Gasteiger partial charge is 0.479 e. The van der Waals surface area contributed by atoms with Crippen molar-refractivity contribution in [2.45, 2.75) is 12.6 Å². The van der Waals surface area contributed by atoms with Gasteiger partial charge in [-0.2, -0.15) is 0 Å². The number of aliphatic carboxylic acids is 1. The topological polar surface area (TPSA) is 123 Å². The van der Waals surface area contributed by atoms with Gasteiger partial charge in [0.2, 0.25) is 0 Å². The maximum absolute atomic E-state index is 12.0. The van der Waals surface area contributed by atoms with Crippen LogP contribution in [-0.4, -0.2) is 38.5 Å². The molecule has 1 aromatic heterocycles. The molecular formula is C13H15N5O3. The van der Waals surface area contributed by atoms with Gasteiger partial charge < -0.3 is 16.2 Å². The SMILES string of the molecule is NCCn1cc(C(=O)NC(C(=O)O)c2ccccc2)nn1. The third kappa shape index (κ3) is 3.63. The minimum Gasteiger partial charge on any atom is -0.479 e. The summed E-state index contributed by atoms with van der Waals surface area (Å²) in [5.74, 6) is -1.75. The van der Waals surface area contributed by atoms with E-state index in [0.717, 1.165) is 0 Å². The van der Waals surface area contributed by atoms with Gasteiger partial charge in [-0.15, -0.1) is 5.10 Å². The Bertz CT molecular complexity index is 626. The first-order valence-corrected chi connectivity index (χ1v) is 6.30. The summed E-state index contributed by atoms with van der Waals surface area (Å²) < 4.78 is 1.42. The van der Waals surface area contributed by atoms with Crippen molar-refractivity contribution < 1.29 is 14.7 Å². The Kier molecular flexibility index (Phi) is 4.62. The molecule has 0 saturated carbocycles. The Morgan fingerprint density at radius 2 is 2.05 bits per heavy atom. The molecule has 21 heavy (non-hydrogen) atoms. The van der Waals surface area contributed by atoms with E-state index in [1.807, 2.05) is 0 Å². The van der Waals surface area contributed by atoms with Crippen LogP contribution in [0.15, 0.2) is 36.5 Å². The van der Waals surface area contributed by atoms with Crippen LogP contribution in [0.4, 0.5) is 0 Å². The molecule has 0 aliphatic rings. The number of hydrogen-bond donors (Lipinski definition) is 3. The fraction of sp³-hybridized carbons (Fsp3) is 0.231. The van der Waals surface area contributed by atoms with Gasteiger partial charge in [0.1, 0.15) is 0 Å². The van der Waals surface area contributed by atoms with Gasteiger partial charge >= 0.3 is 5.97 Å². The third-order valence-electron chi connectivity index (χ3n) is 2.78. The van der Waals surface area contributed by atoms with Gasteiger partial charge in [0, 0.05) is 6.54 Å². The van der Waals surface area contributed by atoms with E-state index in [2.05, 4.69) is 15.6 Å². The Hall–Kier alpha value is -2.74. The van der Waals surface area contributed by atoms with Crippen molar-refractivity contribution in [3.05, 3.63) is 47.8 Å². The fourth-order valence-electron chi connectivity index (χ4n) is 1.78. The highest BCUT2D eigenvalue weighted by atomic mass is 16.4. The Labute approximate surface area is 120 Å². The van der Waals surface area contributed by atoms with Crippen LogP contribution >= 0.6 is 0 Å². The minimum atomic E-state index is -1.15. The van der Waals surface area contributed by atoms with Crippen LogP contribution in [-0.2, 0) is 11.3 Å². The Morgan fingerprint density at radius 1 is 1.33 bits per heavy atom. The Balaban J connectivity index is 2.13. The van der Waals surface area contributed by atoms with E-state index in [1.54, 1.807) is 30.3 Å². The Morgan fingerprint density at radius 3 is 2.67 bits per heavy atom. The highest BCUT2D eigenvalue weighted by molar-refractivity contribution is 5.94. The molecule has 4 N–H and O–H groups in total. The minimum absolute atomic E-state index is 0.0469. The predicted molar refractivity (Wildman–Crippen MR) is 73.4 cm³/mol. The van der Waals surface area contributed by atoms with Crippen molar-refractivity contribution >= 4 is 11.9 Å². The molecule has 0 radical (unpaired) electrons. The number of carboxylic acids is 1. The first-order valence-electron chi connectivity index (χ1n) is 6.30. The molecule has 2 rings (SSSR count). The van der Waals surface area contributed by atoms with Gasteiger partial charge in [-0.1, -0.05) is 35.5 Å². The summed E-state index contributed by atoms with van der Waals surface area (Å²) in [6.07, 6.45) is 1.42. The number of benzene rings is 1. The molecule has 0 bridgehead atoms. The molecule has 0 aliphatic heterocycles. The molecule has 1 atom stereocenters. The summed E-state index contributed by atoms with van der Waals surface area (Å²) in [7, 11) is 0. The predicted octanol–water partition coefficient (Wildman–Crippen LogP) is -0.207. The van der Waals surface area contributed by atoms with Crippen LogP contribution in [0.25, 0.3) is 0 Å². The lowest BCUT2D eigenvalue weighted by Gasteiger charge is -2.13. The quantitative estimate of drug-likeness (QED) is 0.676. The summed E-state index contributed by atoms with van der Waals surface area (Å²) in [6.45, 7) is 0.799. The molecule has 1 heterocycles. The molecule has 8 heteroatoms. The number of nitrogens with zero attached hydrogens (tertiary/aromatic N) is 3. The van der Waals surface area contributed by atoms with E-state index in [-0.39, 0.29) is 5.69 Å². The zero-order valence-electron chi connectivity index (χ0n) is 11.1. The number of amides is 1. The van der Waals surface area contributed by atoms with Gasteiger partial charge in [-0.05, 0) is 5.56 Å². The van der Waals surface area contributed by atoms with E-state index in [9.17, 15) is 14.7 Å². The summed E-state index contributed by atoms with van der Waals surface area (Å²) in [5.41, 5.74) is 5.90. The van der Waals surface area contributed by atoms with Crippen molar-refractivity contribution in [3.63, 3.8) is 0 Å². The van der Waals surface area contributed by atoms with Crippen LogP contribution in [0.5, 0.6) is 0 Å². The second-order valence-corrected chi connectivity index (χ2v) is 4.31. The number of hydrogen-bond acceptors (Lipinski definition) is 5. The van der Waals surface area contributed by atoms with Crippen LogP contribution in [0.2, 0.25) is 0 Å². The van der Waals surface area contributed by atoms with Gasteiger partial charge in [-0.25, -0.2) is 4.79 Å². The number of nitrogens with one attached hydrogen (secondary N) is 1. The number of carboxylic acid groups (broad SMARTS) is 1. The molecule has 1 amide bonds. The van der Waals surface area contributed by atoms with Crippen LogP contribution < -0.4 is 11.1 Å². The zero-order chi connectivity index (χ0) is 15.2. The standard InChI is InChI=1S/C13H15N5O3/c14-6-7-18-8-10(16-17-18)12(19)15-11(13(20)21)9-4-2-1-3-5-9/h1-5,8,11H,6-7,14H2,(H,15,19)(H,20,21). The summed E-state index contributed by atoms with van der Waals surface area (Å²) >= 11 is 0. The van der Waals surface area contributed by atoms with Crippen LogP contribution in [0.3, 0.4) is 0 Å². The second-order valence-electron chi connectivity index (χ2n) is 4.31. The molecule has 8 nitrogen and oxygen atoms in total. The fourth-order valence-corrected chi connectivity index (χ4v) is 1.78. The number of carbonyl (C=O) groups is 2. The first kappa shape index (κ1) is 14.7. The van der Waals surface area contributed by atoms with Gasteiger partial charge in [0.15, 0.2) is 11.7 Å². The summed E-state index contributed by atoms with van der Waals surface area (Å²) in [6, 6.07) is 7.29. The highest BCUT2D eigenvalue weighted by Crippen LogP contribution is 2.13. The highest BCUT2D eigenvalue weighted by Gasteiger charge is 2.23. The van der Waals surface area contributed by atoms with Gasteiger partial charge in [0.05, 0.1) is 12.7 Å². The van der Waals surface area contributed by atoms with Crippen LogP contribution in [0, 0.1) is 0 Å². The van der Waals surface area contributed by atoms with E-state index in [1.165, 1.54) is 10.9 Å². The molecular weight excluding hydrogens is 274 g/mol. The average molecular weight is 289 g/mol. The second kappa shape index (κ2) is 6.62. The number of aromatic nitrogens is 3. The summed E-state index contributed by atoms with van der Waals surface area (Å²) in [4.78, 5) is 23.3. The number of nitrogens with two attached hydrogens (primary N) is 1. The lowest BCUT2D eigenvalue weighted by Crippen LogP contribution is -2.34. The lowest BCUT2D eigenvalue weighted by atomic mass is 10.1. The van der Waals surface area contributed by atoms with E-state index >= 15 is 0 Å². The monoisotopic (exact) mass is 289 g/mol. The molecule has 110 valence electrons. The van der Waals surface area contributed by atoms with E-state index < -0.39 is 17.9 Å². The zero-order valence-corrected chi connectivity index (χ0v) is 11.1. The maximum atomic E-state index is 12.0. The lowest BCUT2D eigenvalue weighted by molar-refractivity contribution is -0.139. The van der Waals surface area contributed by atoms with Crippen molar-refractivity contribution in [1.29, 1.82) is 0 Å². The van der Waals surface area contributed by atoms with Crippen molar-refractivity contribution in [3.8, 4) is 0 Å². The normalized spacial score (nSPS) is 11.9. The molecule has 0 fully saturated rings. The average Bonchev–Trinajstić information content (AvgIpc) is 2.94. The molecule has 1 aromatic carbocycles. The van der Waals surface area contributed by atoms with E-state index in [0.29, 0.717) is 18.7 Å². The first-order chi connectivity index (χ1) is 10.1.